The summed E-state index contributed by atoms with van der Waals surface area (Å²) >= 11 is 0. The number of pyridine rings is 1. The molecular weight excluding hydrogens is 402 g/mol. The molecule has 6 rings (SSSR count). The summed E-state index contributed by atoms with van der Waals surface area (Å²) in [5.41, 5.74) is 8.08. The summed E-state index contributed by atoms with van der Waals surface area (Å²) in [7, 11) is 0. The Bertz CT molecular complexity index is 1480. The maximum absolute atomic E-state index is 6.43. The molecule has 166 valence electrons. The second-order valence-corrected chi connectivity index (χ2v) is 10.3. The Balaban J connectivity index is 1.65. The maximum atomic E-state index is 6.43. The van der Waals surface area contributed by atoms with Crippen LogP contribution in [0.1, 0.15) is 62.1 Å². The van der Waals surface area contributed by atoms with Gasteiger partial charge >= 0.3 is 0 Å². The first kappa shape index (κ1) is 20.5. The van der Waals surface area contributed by atoms with Gasteiger partial charge in [-0.3, -0.25) is 4.98 Å². The number of aromatic nitrogens is 1. The van der Waals surface area contributed by atoms with Crippen molar-refractivity contribution in [3.8, 4) is 11.3 Å². The minimum atomic E-state index is 0.594. The molecule has 2 nitrogen and oxygen atoms in total. The van der Waals surface area contributed by atoms with Crippen LogP contribution in [0.5, 0.6) is 0 Å². The number of furan rings is 1. The molecule has 5 aromatic rings. The smallest absolute Gasteiger partial charge is 0.144 e. The maximum Gasteiger partial charge on any atom is 0.144 e. The van der Waals surface area contributed by atoms with Crippen LogP contribution in [0.4, 0.5) is 0 Å². The van der Waals surface area contributed by atoms with Crippen LogP contribution in [-0.4, -0.2) is 4.98 Å². The normalized spacial score (nSPS) is 14.9. The quantitative estimate of drug-likeness (QED) is 0.283. The Hall–Kier alpha value is -3.13. The lowest BCUT2D eigenvalue weighted by Gasteiger charge is -2.16. The molecule has 0 radical (unpaired) electrons. The van der Waals surface area contributed by atoms with Crippen molar-refractivity contribution in [3.05, 3.63) is 77.5 Å². The molecule has 0 atom stereocenters. The molecule has 0 aliphatic heterocycles. The lowest BCUT2D eigenvalue weighted by molar-refractivity contribution is 0.648. The van der Waals surface area contributed by atoms with Crippen molar-refractivity contribution in [3.63, 3.8) is 0 Å². The molecule has 0 saturated heterocycles. The van der Waals surface area contributed by atoms with Crippen LogP contribution in [0.2, 0.25) is 0 Å². The Morgan fingerprint density at radius 3 is 2.55 bits per heavy atom. The van der Waals surface area contributed by atoms with E-state index in [4.69, 9.17) is 9.40 Å². The van der Waals surface area contributed by atoms with E-state index in [0.29, 0.717) is 11.8 Å². The van der Waals surface area contributed by atoms with Gasteiger partial charge in [-0.15, -0.1) is 0 Å². The minimum Gasteiger partial charge on any atom is -0.455 e. The lowest BCUT2D eigenvalue weighted by Crippen LogP contribution is -2.00. The molecule has 3 aromatic carbocycles. The molecule has 1 aliphatic carbocycles. The molecule has 33 heavy (non-hydrogen) atoms. The van der Waals surface area contributed by atoms with E-state index in [0.717, 1.165) is 28.8 Å². The van der Waals surface area contributed by atoms with E-state index in [1.54, 1.807) is 0 Å². The predicted octanol–water partition coefficient (Wildman–Crippen LogP) is 8.97. The van der Waals surface area contributed by atoms with Crippen LogP contribution in [0.15, 0.2) is 65.2 Å². The zero-order valence-electron chi connectivity index (χ0n) is 19.8. The number of hydrogen-bond donors (Lipinski definition) is 0. The molecule has 0 spiro atoms. The summed E-state index contributed by atoms with van der Waals surface area (Å²) < 4.78 is 6.43. The molecule has 0 N–H and O–H groups in total. The Kier molecular flexibility index (Phi) is 4.98. The van der Waals surface area contributed by atoms with Crippen molar-refractivity contribution in [2.24, 2.45) is 5.92 Å². The van der Waals surface area contributed by atoms with Gasteiger partial charge in [0.25, 0.3) is 0 Å². The fourth-order valence-electron chi connectivity index (χ4n) is 5.80. The first-order valence-corrected chi connectivity index (χ1v) is 12.4. The van der Waals surface area contributed by atoms with Gasteiger partial charge in [0, 0.05) is 27.9 Å². The van der Waals surface area contributed by atoms with E-state index in [-0.39, 0.29) is 0 Å². The van der Waals surface area contributed by atoms with Gasteiger partial charge in [-0.05, 0) is 84.4 Å². The third-order valence-corrected chi connectivity index (χ3v) is 7.33. The summed E-state index contributed by atoms with van der Waals surface area (Å²) in [6, 6.07) is 20.0. The highest BCUT2D eigenvalue weighted by atomic mass is 16.3. The molecule has 2 heterocycles. The second-order valence-electron chi connectivity index (χ2n) is 10.3. The number of para-hydroxylation sites is 1. The second kappa shape index (κ2) is 8.02. The number of rotatable bonds is 4. The van der Waals surface area contributed by atoms with E-state index < -0.39 is 0 Å². The van der Waals surface area contributed by atoms with Gasteiger partial charge < -0.3 is 4.42 Å². The van der Waals surface area contributed by atoms with E-state index in [9.17, 15) is 0 Å². The van der Waals surface area contributed by atoms with Crippen molar-refractivity contribution < 1.29 is 4.42 Å². The zero-order valence-corrected chi connectivity index (χ0v) is 19.8. The molecule has 1 aliphatic rings. The van der Waals surface area contributed by atoms with Crippen LogP contribution < -0.4 is 0 Å². The number of nitrogens with zero attached hydrogens (tertiary/aromatic N) is 1. The number of fused-ring (bicyclic) bond motifs is 4. The summed E-state index contributed by atoms with van der Waals surface area (Å²) in [6.07, 6.45) is 8.44. The predicted molar refractivity (Wildman–Crippen MR) is 139 cm³/mol. The van der Waals surface area contributed by atoms with Crippen molar-refractivity contribution in [2.75, 3.05) is 0 Å². The van der Waals surface area contributed by atoms with Gasteiger partial charge in [-0.2, -0.15) is 0 Å². The molecule has 0 bridgehead atoms. The van der Waals surface area contributed by atoms with Crippen LogP contribution in [0.25, 0.3) is 44.0 Å². The summed E-state index contributed by atoms with van der Waals surface area (Å²) in [6.45, 7) is 6.74. The Labute approximate surface area is 195 Å². The standard InChI is InChI=1S/C31H31NO/c1-19(2)14-23-18-32-30(26-17-22(12-13-24(23)26)21-8-4-5-9-21)28-16-20(3)15-27-25-10-6-7-11-29(25)33-31(27)28/h6-7,10-13,15-19,21H,4-5,8-9,14H2,1-3H3. The minimum absolute atomic E-state index is 0.594. The molecule has 1 saturated carbocycles. The first-order chi connectivity index (χ1) is 16.1. The van der Waals surface area contributed by atoms with Gasteiger partial charge in [-0.25, -0.2) is 0 Å². The van der Waals surface area contributed by atoms with Crippen LogP contribution in [0, 0.1) is 12.8 Å². The van der Waals surface area contributed by atoms with Gasteiger partial charge in [0.05, 0.1) is 5.69 Å². The third kappa shape index (κ3) is 3.53. The highest BCUT2D eigenvalue weighted by molar-refractivity contribution is 6.12. The van der Waals surface area contributed by atoms with Gasteiger partial charge in [0.1, 0.15) is 11.2 Å². The van der Waals surface area contributed by atoms with Crippen molar-refractivity contribution in [1.82, 2.24) is 4.98 Å². The summed E-state index contributed by atoms with van der Waals surface area (Å²) in [5, 5.41) is 4.95. The molecule has 1 fully saturated rings. The summed E-state index contributed by atoms with van der Waals surface area (Å²) in [4.78, 5) is 5.10. The zero-order chi connectivity index (χ0) is 22.5. The molecule has 2 aromatic heterocycles. The van der Waals surface area contributed by atoms with E-state index in [1.165, 1.54) is 63.9 Å². The number of hydrogen-bond acceptors (Lipinski definition) is 2. The third-order valence-electron chi connectivity index (χ3n) is 7.33. The largest absolute Gasteiger partial charge is 0.455 e. The van der Waals surface area contributed by atoms with Crippen LogP contribution in [0.3, 0.4) is 0 Å². The highest BCUT2D eigenvalue weighted by Gasteiger charge is 2.21. The van der Waals surface area contributed by atoms with Crippen molar-refractivity contribution in [1.29, 1.82) is 0 Å². The topological polar surface area (TPSA) is 26.0 Å². The van der Waals surface area contributed by atoms with Crippen molar-refractivity contribution in [2.45, 2.75) is 58.8 Å². The fraction of sp³-hybridized carbons (Fsp3) is 0.323. The fourth-order valence-corrected chi connectivity index (χ4v) is 5.80. The highest BCUT2D eigenvalue weighted by Crippen LogP contribution is 2.41. The SMILES string of the molecule is Cc1cc(-c2ncc(CC(C)C)c3ccc(C4CCCC4)cc23)c2oc3ccccc3c2c1. The molecule has 0 amide bonds. The lowest BCUT2D eigenvalue weighted by atomic mass is 9.90. The van der Waals surface area contributed by atoms with Crippen LogP contribution in [-0.2, 0) is 6.42 Å². The first-order valence-electron chi connectivity index (χ1n) is 12.4. The van der Waals surface area contributed by atoms with E-state index >= 15 is 0 Å². The average molecular weight is 434 g/mol. The van der Waals surface area contributed by atoms with Crippen molar-refractivity contribution >= 4 is 32.7 Å². The van der Waals surface area contributed by atoms with E-state index in [1.807, 2.05) is 6.07 Å². The molecular formula is C31H31NO. The number of benzene rings is 3. The average Bonchev–Trinajstić information content (AvgIpc) is 3.47. The van der Waals surface area contributed by atoms with Crippen LogP contribution >= 0.6 is 0 Å². The monoisotopic (exact) mass is 433 g/mol. The van der Waals surface area contributed by atoms with E-state index in [2.05, 4.69) is 75.5 Å². The Morgan fingerprint density at radius 2 is 1.73 bits per heavy atom. The summed E-state index contributed by atoms with van der Waals surface area (Å²) in [5.74, 6) is 1.27. The molecule has 2 heteroatoms. The number of aryl methyl sites for hydroxylation is 1. The van der Waals surface area contributed by atoms with Gasteiger partial charge in [0.15, 0.2) is 0 Å². The van der Waals surface area contributed by atoms with Gasteiger partial charge in [-0.1, -0.05) is 57.0 Å². The van der Waals surface area contributed by atoms with Gasteiger partial charge in [0.2, 0.25) is 0 Å². The molecule has 0 unspecified atom stereocenters. The Morgan fingerprint density at radius 1 is 0.909 bits per heavy atom.